The van der Waals surface area contributed by atoms with Crippen LogP contribution in [0.3, 0.4) is 0 Å². The Morgan fingerprint density at radius 1 is 1.10 bits per heavy atom. The molecule has 2 aromatic carbocycles. The van der Waals surface area contributed by atoms with Gasteiger partial charge >= 0.3 is 0 Å². The zero-order valence-corrected chi connectivity index (χ0v) is 17.4. The van der Waals surface area contributed by atoms with Gasteiger partial charge in [0.1, 0.15) is 12.4 Å². The van der Waals surface area contributed by atoms with E-state index < -0.39 is 0 Å². The number of hydrogen-bond donors (Lipinski definition) is 2. The number of anilines is 1. The number of aliphatic imine (C=N–C) groups is 1. The third kappa shape index (κ3) is 6.68. The van der Waals surface area contributed by atoms with Gasteiger partial charge in [-0.15, -0.1) is 0 Å². The second-order valence-corrected chi connectivity index (χ2v) is 7.09. The van der Waals surface area contributed by atoms with Crippen LogP contribution in [0.5, 0.6) is 5.75 Å². The molecule has 0 spiro atoms. The van der Waals surface area contributed by atoms with Crippen molar-refractivity contribution < 1.29 is 9.47 Å². The standard InChI is InChI=1S/C23H32N4O2/c1-3-24-23(25-17-19-9-11-22(12-10-19)29-16-15-28-2)26-20-13-14-27(18-20)21-7-5-4-6-8-21/h4-12,20H,3,13-18H2,1-2H3,(H2,24,25,26). The highest BCUT2D eigenvalue weighted by Crippen LogP contribution is 2.19. The number of hydrogen-bond acceptors (Lipinski definition) is 4. The molecule has 1 saturated heterocycles. The summed E-state index contributed by atoms with van der Waals surface area (Å²) in [6.07, 6.45) is 1.10. The summed E-state index contributed by atoms with van der Waals surface area (Å²) in [6, 6.07) is 19.1. The van der Waals surface area contributed by atoms with Crippen LogP contribution < -0.4 is 20.3 Å². The number of para-hydroxylation sites is 1. The van der Waals surface area contributed by atoms with Crippen molar-refractivity contribution >= 4 is 11.6 Å². The zero-order valence-electron chi connectivity index (χ0n) is 17.4. The highest BCUT2D eigenvalue weighted by atomic mass is 16.5. The van der Waals surface area contributed by atoms with Crippen LogP contribution in [0.2, 0.25) is 0 Å². The van der Waals surface area contributed by atoms with E-state index in [2.05, 4.69) is 64.9 Å². The second kappa shape index (κ2) is 11.3. The van der Waals surface area contributed by atoms with Crippen molar-refractivity contribution in [3.8, 4) is 5.75 Å². The maximum Gasteiger partial charge on any atom is 0.191 e. The maximum absolute atomic E-state index is 5.61. The Kier molecular flexibility index (Phi) is 8.19. The molecule has 2 N–H and O–H groups in total. The molecule has 6 nitrogen and oxygen atoms in total. The summed E-state index contributed by atoms with van der Waals surface area (Å²) in [5.41, 5.74) is 2.44. The number of guanidine groups is 1. The third-order valence-corrected chi connectivity index (χ3v) is 4.89. The average molecular weight is 397 g/mol. The predicted molar refractivity (Wildman–Crippen MR) is 119 cm³/mol. The van der Waals surface area contributed by atoms with E-state index in [4.69, 9.17) is 14.5 Å². The summed E-state index contributed by atoms with van der Waals surface area (Å²) in [5.74, 6) is 1.72. The van der Waals surface area contributed by atoms with Crippen LogP contribution in [-0.4, -0.2) is 52.0 Å². The Hall–Kier alpha value is -2.73. The predicted octanol–water partition coefficient (Wildman–Crippen LogP) is 3.05. The molecule has 1 aliphatic rings. The second-order valence-electron chi connectivity index (χ2n) is 7.09. The SMILES string of the molecule is CCNC(=NCc1ccc(OCCOC)cc1)NC1CCN(c2ccccc2)C1. The molecule has 1 atom stereocenters. The molecule has 0 saturated carbocycles. The zero-order chi connectivity index (χ0) is 20.3. The van der Waals surface area contributed by atoms with Gasteiger partial charge in [0.15, 0.2) is 5.96 Å². The van der Waals surface area contributed by atoms with Gasteiger partial charge < -0.3 is 25.0 Å². The van der Waals surface area contributed by atoms with Crippen molar-refractivity contribution in [3.63, 3.8) is 0 Å². The number of methoxy groups -OCH3 is 1. The summed E-state index contributed by atoms with van der Waals surface area (Å²) in [4.78, 5) is 7.19. The van der Waals surface area contributed by atoms with Crippen LogP contribution in [-0.2, 0) is 11.3 Å². The first-order valence-corrected chi connectivity index (χ1v) is 10.3. The molecule has 2 aromatic rings. The number of rotatable bonds is 9. The number of nitrogens with zero attached hydrogens (tertiary/aromatic N) is 2. The summed E-state index contributed by atoms with van der Waals surface area (Å²) in [5, 5.41) is 6.95. The highest BCUT2D eigenvalue weighted by Gasteiger charge is 2.23. The summed E-state index contributed by atoms with van der Waals surface area (Å²) >= 11 is 0. The Morgan fingerprint density at radius 3 is 2.62 bits per heavy atom. The fraction of sp³-hybridized carbons (Fsp3) is 0.435. The topological polar surface area (TPSA) is 58.1 Å². The molecule has 3 rings (SSSR count). The van der Waals surface area contributed by atoms with Crippen LogP contribution in [0.15, 0.2) is 59.6 Å². The number of benzene rings is 2. The van der Waals surface area contributed by atoms with Crippen LogP contribution >= 0.6 is 0 Å². The molecular formula is C23H32N4O2. The Labute approximate surface area is 173 Å². The van der Waals surface area contributed by atoms with Gasteiger partial charge in [-0.3, -0.25) is 0 Å². The van der Waals surface area contributed by atoms with Gasteiger partial charge in [-0.25, -0.2) is 4.99 Å². The Balaban J connectivity index is 1.52. The molecule has 29 heavy (non-hydrogen) atoms. The molecule has 0 radical (unpaired) electrons. The van der Waals surface area contributed by atoms with E-state index in [-0.39, 0.29) is 0 Å². The number of ether oxygens (including phenoxy) is 2. The monoisotopic (exact) mass is 396 g/mol. The minimum Gasteiger partial charge on any atom is -0.491 e. The van der Waals surface area contributed by atoms with Crippen molar-refractivity contribution in [2.24, 2.45) is 4.99 Å². The van der Waals surface area contributed by atoms with E-state index in [0.29, 0.717) is 25.8 Å². The lowest BCUT2D eigenvalue weighted by molar-refractivity contribution is 0.146. The van der Waals surface area contributed by atoms with E-state index >= 15 is 0 Å². The minimum atomic E-state index is 0.393. The van der Waals surface area contributed by atoms with E-state index in [1.54, 1.807) is 7.11 Å². The fourth-order valence-corrected chi connectivity index (χ4v) is 3.37. The van der Waals surface area contributed by atoms with Crippen LogP contribution in [0, 0.1) is 0 Å². The molecule has 6 heteroatoms. The first-order valence-electron chi connectivity index (χ1n) is 10.3. The van der Waals surface area contributed by atoms with E-state index in [1.165, 1.54) is 5.69 Å². The largest absolute Gasteiger partial charge is 0.491 e. The molecule has 0 bridgehead atoms. The molecule has 0 aliphatic carbocycles. The van der Waals surface area contributed by atoms with Crippen LogP contribution in [0.1, 0.15) is 18.9 Å². The van der Waals surface area contributed by atoms with Crippen LogP contribution in [0.4, 0.5) is 5.69 Å². The highest BCUT2D eigenvalue weighted by molar-refractivity contribution is 5.80. The Morgan fingerprint density at radius 2 is 1.90 bits per heavy atom. The van der Waals surface area contributed by atoms with Gasteiger partial charge in [0, 0.05) is 38.5 Å². The smallest absolute Gasteiger partial charge is 0.191 e. The molecule has 0 aromatic heterocycles. The maximum atomic E-state index is 5.61. The Bertz CT molecular complexity index is 749. The summed E-state index contributed by atoms with van der Waals surface area (Å²) in [6.45, 7) is 6.76. The lowest BCUT2D eigenvalue weighted by atomic mass is 10.2. The average Bonchev–Trinajstić information content (AvgIpc) is 3.22. The lowest BCUT2D eigenvalue weighted by Gasteiger charge is -2.20. The van der Waals surface area contributed by atoms with Gasteiger partial charge in [-0.2, -0.15) is 0 Å². The van der Waals surface area contributed by atoms with Gasteiger partial charge in [-0.1, -0.05) is 30.3 Å². The summed E-state index contributed by atoms with van der Waals surface area (Å²) in [7, 11) is 1.67. The minimum absolute atomic E-state index is 0.393. The first kappa shape index (κ1) is 21.0. The quantitative estimate of drug-likeness (QED) is 0.388. The van der Waals surface area contributed by atoms with Crippen molar-refractivity contribution in [2.75, 3.05) is 44.9 Å². The molecule has 156 valence electrons. The van der Waals surface area contributed by atoms with Crippen molar-refractivity contribution in [3.05, 3.63) is 60.2 Å². The molecule has 1 fully saturated rings. The van der Waals surface area contributed by atoms with Crippen molar-refractivity contribution in [1.29, 1.82) is 0 Å². The lowest BCUT2D eigenvalue weighted by Crippen LogP contribution is -2.44. The normalized spacial score (nSPS) is 16.7. The van der Waals surface area contributed by atoms with E-state index in [1.807, 2.05) is 12.1 Å². The van der Waals surface area contributed by atoms with Crippen molar-refractivity contribution in [2.45, 2.75) is 25.9 Å². The van der Waals surface area contributed by atoms with Gasteiger partial charge in [0.2, 0.25) is 0 Å². The molecule has 1 unspecified atom stereocenters. The van der Waals surface area contributed by atoms with Gasteiger partial charge in [0.25, 0.3) is 0 Å². The molecular weight excluding hydrogens is 364 g/mol. The number of nitrogens with one attached hydrogen (secondary N) is 2. The molecule has 1 heterocycles. The van der Waals surface area contributed by atoms with Crippen molar-refractivity contribution in [1.82, 2.24) is 10.6 Å². The van der Waals surface area contributed by atoms with E-state index in [0.717, 1.165) is 43.3 Å². The van der Waals surface area contributed by atoms with Gasteiger partial charge in [0.05, 0.1) is 13.2 Å². The fourth-order valence-electron chi connectivity index (χ4n) is 3.37. The van der Waals surface area contributed by atoms with Gasteiger partial charge in [-0.05, 0) is 43.2 Å². The molecule has 1 aliphatic heterocycles. The van der Waals surface area contributed by atoms with E-state index in [9.17, 15) is 0 Å². The third-order valence-electron chi connectivity index (χ3n) is 4.89. The van der Waals surface area contributed by atoms with Crippen LogP contribution in [0.25, 0.3) is 0 Å². The summed E-state index contributed by atoms with van der Waals surface area (Å²) < 4.78 is 10.6. The first-order chi connectivity index (χ1) is 14.3. The molecule has 0 amide bonds.